The third kappa shape index (κ3) is 1.76. The maximum absolute atomic E-state index is 6.36. The van der Waals surface area contributed by atoms with E-state index in [-0.39, 0.29) is 0 Å². The highest BCUT2D eigenvalue weighted by molar-refractivity contribution is 5.51. The first-order valence-corrected chi connectivity index (χ1v) is 7.70. The van der Waals surface area contributed by atoms with Crippen molar-refractivity contribution in [3.63, 3.8) is 0 Å². The fourth-order valence-electron chi connectivity index (χ4n) is 3.88. The number of nitrogens with zero attached hydrogens (tertiary/aromatic N) is 2. The fraction of sp³-hybridized carbons (Fsp3) is 0.471. The number of hydrogen-bond donors (Lipinski definition) is 1. The summed E-state index contributed by atoms with van der Waals surface area (Å²) in [7, 11) is 0. The summed E-state index contributed by atoms with van der Waals surface area (Å²) >= 11 is 0. The van der Waals surface area contributed by atoms with E-state index < -0.39 is 0 Å². The van der Waals surface area contributed by atoms with Gasteiger partial charge in [0.25, 0.3) is 0 Å². The van der Waals surface area contributed by atoms with Crippen LogP contribution in [0.2, 0.25) is 0 Å². The molecule has 0 amide bonds. The van der Waals surface area contributed by atoms with E-state index in [1.807, 2.05) is 22.9 Å². The summed E-state index contributed by atoms with van der Waals surface area (Å²) in [6.07, 6.45) is 5.07. The number of para-hydroxylation sites is 1. The maximum Gasteiger partial charge on any atom is 0.130 e. The molecule has 2 fully saturated rings. The van der Waals surface area contributed by atoms with Crippen molar-refractivity contribution >= 4 is 5.82 Å². The van der Waals surface area contributed by atoms with Gasteiger partial charge in [0.2, 0.25) is 0 Å². The largest absolute Gasteiger partial charge is 0.383 e. The molecule has 2 aliphatic rings. The first kappa shape index (κ1) is 12.0. The second-order valence-corrected chi connectivity index (χ2v) is 6.27. The van der Waals surface area contributed by atoms with E-state index >= 15 is 0 Å². The zero-order valence-electron chi connectivity index (χ0n) is 11.9. The predicted octanol–water partition coefficient (Wildman–Crippen LogP) is 3.53. The van der Waals surface area contributed by atoms with E-state index in [1.54, 1.807) is 0 Å². The van der Waals surface area contributed by atoms with Crippen LogP contribution in [-0.2, 0) is 6.42 Å². The van der Waals surface area contributed by atoms with Crippen LogP contribution in [0.1, 0.15) is 43.4 Å². The van der Waals surface area contributed by atoms with Crippen LogP contribution in [0.15, 0.2) is 30.3 Å². The Morgan fingerprint density at radius 2 is 1.85 bits per heavy atom. The summed E-state index contributed by atoms with van der Waals surface area (Å²) in [5.74, 6) is 3.43. The van der Waals surface area contributed by atoms with Crippen LogP contribution < -0.4 is 5.73 Å². The van der Waals surface area contributed by atoms with Gasteiger partial charge >= 0.3 is 0 Å². The molecule has 2 N–H and O–H groups in total. The number of anilines is 1. The van der Waals surface area contributed by atoms with Crippen molar-refractivity contribution in [2.45, 2.75) is 38.5 Å². The van der Waals surface area contributed by atoms with Crippen LogP contribution in [-0.4, -0.2) is 9.78 Å². The summed E-state index contributed by atoms with van der Waals surface area (Å²) in [5.41, 5.74) is 9.95. The minimum absolute atomic E-state index is 0.640. The molecular formula is C17H21N3. The standard InChI is InChI=1S/C17H21N3/c1-2-15-16(13-9-11-8-12(11)10-13)19-20(17(15)18)14-6-4-3-5-7-14/h3-7,11-13H,2,8-10,18H2,1H3. The molecule has 104 valence electrons. The maximum atomic E-state index is 6.36. The van der Waals surface area contributed by atoms with Gasteiger partial charge < -0.3 is 5.73 Å². The molecule has 0 bridgehead atoms. The highest BCUT2D eigenvalue weighted by atomic mass is 15.3. The van der Waals surface area contributed by atoms with Crippen molar-refractivity contribution in [2.75, 3.05) is 5.73 Å². The Morgan fingerprint density at radius 1 is 1.15 bits per heavy atom. The van der Waals surface area contributed by atoms with Crippen LogP contribution in [0.5, 0.6) is 0 Å². The first-order chi connectivity index (χ1) is 9.78. The monoisotopic (exact) mass is 267 g/mol. The number of hydrogen-bond acceptors (Lipinski definition) is 2. The minimum atomic E-state index is 0.640. The zero-order chi connectivity index (χ0) is 13.7. The molecule has 0 radical (unpaired) electrons. The van der Waals surface area contributed by atoms with Gasteiger partial charge in [-0.3, -0.25) is 0 Å². The molecule has 0 aliphatic heterocycles. The highest BCUT2D eigenvalue weighted by Crippen LogP contribution is 2.57. The van der Waals surface area contributed by atoms with Gasteiger partial charge in [-0.1, -0.05) is 25.1 Å². The number of rotatable bonds is 3. The van der Waals surface area contributed by atoms with Gasteiger partial charge in [-0.25, -0.2) is 4.68 Å². The van der Waals surface area contributed by atoms with Gasteiger partial charge in [0.1, 0.15) is 5.82 Å². The molecule has 0 spiro atoms. The van der Waals surface area contributed by atoms with Crippen molar-refractivity contribution in [3.05, 3.63) is 41.6 Å². The van der Waals surface area contributed by atoms with E-state index in [2.05, 4.69) is 19.1 Å². The second-order valence-electron chi connectivity index (χ2n) is 6.27. The summed E-state index contributed by atoms with van der Waals surface area (Å²) in [6, 6.07) is 10.2. The van der Waals surface area contributed by atoms with E-state index in [1.165, 1.54) is 30.5 Å². The predicted molar refractivity (Wildman–Crippen MR) is 80.9 cm³/mol. The molecule has 1 aromatic heterocycles. The molecule has 2 saturated carbocycles. The Balaban J connectivity index is 1.76. The number of nitrogens with two attached hydrogens (primary N) is 1. The lowest BCUT2D eigenvalue weighted by Gasteiger charge is -2.10. The van der Waals surface area contributed by atoms with Gasteiger partial charge in [0.15, 0.2) is 0 Å². The molecule has 4 rings (SSSR count). The molecule has 2 unspecified atom stereocenters. The number of fused-ring (bicyclic) bond motifs is 1. The molecular weight excluding hydrogens is 246 g/mol. The Bertz CT molecular complexity index is 619. The normalized spacial score (nSPS) is 27.6. The highest BCUT2D eigenvalue weighted by Gasteiger charge is 2.47. The van der Waals surface area contributed by atoms with Crippen LogP contribution in [0.3, 0.4) is 0 Å². The lowest BCUT2D eigenvalue weighted by atomic mass is 9.95. The molecule has 2 atom stereocenters. The molecule has 20 heavy (non-hydrogen) atoms. The van der Waals surface area contributed by atoms with Gasteiger partial charge in [-0.05, 0) is 49.7 Å². The average Bonchev–Trinajstić information content (AvgIpc) is 2.95. The summed E-state index contributed by atoms with van der Waals surface area (Å²) in [6.45, 7) is 2.18. The van der Waals surface area contributed by atoms with Crippen molar-refractivity contribution in [1.29, 1.82) is 0 Å². The van der Waals surface area contributed by atoms with Crippen LogP contribution in [0.25, 0.3) is 5.69 Å². The van der Waals surface area contributed by atoms with Gasteiger partial charge in [0, 0.05) is 11.5 Å². The molecule has 3 heteroatoms. The third-order valence-electron chi connectivity index (χ3n) is 5.04. The van der Waals surface area contributed by atoms with Crippen LogP contribution >= 0.6 is 0 Å². The Morgan fingerprint density at radius 3 is 2.50 bits per heavy atom. The fourth-order valence-corrected chi connectivity index (χ4v) is 3.88. The number of benzene rings is 1. The van der Waals surface area contributed by atoms with E-state index in [9.17, 15) is 0 Å². The minimum Gasteiger partial charge on any atom is -0.383 e. The van der Waals surface area contributed by atoms with Gasteiger partial charge in [0.05, 0.1) is 11.4 Å². The lowest BCUT2D eigenvalue weighted by Crippen LogP contribution is -2.02. The van der Waals surface area contributed by atoms with Crippen molar-refractivity contribution in [3.8, 4) is 5.69 Å². The van der Waals surface area contributed by atoms with Crippen LogP contribution in [0, 0.1) is 11.8 Å². The molecule has 0 saturated heterocycles. The number of aromatic nitrogens is 2. The second kappa shape index (κ2) is 4.37. The van der Waals surface area contributed by atoms with E-state index in [4.69, 9.17) is 10.8 Å². The van der Waals surface area contributed by atoms with Crippen molar-refractivity contribution < 1.29 is 0 Å². The van der Waals surface area contributed by atoms with Gasteiger partial charge in [-0.2, -0.15) is 5.10 Å². The molecule has 3 nitrogen and oxygen atoms in total. The Kier molecular flexibility index (Phi) is 2.62. The summed E-state index contributed by atoms with van der Waals surface area (Å²) in [5, 5.41) is 4.88. The smallest absolute Gasteiger partial charge is 0.130 e. The average molecular weight is 267 g/mol. The van der Waals surface area contributed by atoms with Crippen molar-refractivity contribution in [1.82, 2.24) is 9.78 Å². The van der Waals surface area contributed by atoms with Crippen molar-refractivity contribution in [2.24, 2.45) is 11.8 Å². The summed E-state index contributed by atoms with van der Waals surface area (Å²) in [4.78, 5) is 0. The molecule has 1 aromatic carbocycles. The van der Waals surface area contributed by atoms with Crippen LogP contribution in [0.4, 0.5) is 5.82 Å². The zero-order valence-corrected chi connectivity index (χ0v) is 11.9. The number of nitrogen functional groups attached to an aromatic ring is 1. The SMILES string of the molecule is CCc1c(C2CC3CC3C2)nn(-c2ccccc2)c1N. The Hall–Kier alpha value is -1.77. The lowest BCUT2D eigenvalue weighted by molar-refractivity contribution is 0.596. The third-order valence-corrected chi connectivity index (χ3v) is 5.04. The summed E-state index contributed by atoms with van der Waals surface area (Å²) < 4.78 is 1.93. The first-order valence-electron chi connectivity index (χ1n) is 7.70. The molecule has 2 aromatic rings. The molecule has 2 aliphatic carbocycles. The Labute approximate surface area is 119 Å². The topological polar surface area (TPSA) is 43.8 Å². The molecule has 1 heterocycles. The van der Waals surface area contributed by atoms with Gasteiger partial charge in [-0.15, -0.1) is 0 Å². The quantitative estimate of drug-likeness (QED) is 0.924. The van der Waals surface area contributed by atoms with E-state index in [0.717, 1.165) is 29.8 Å². The van der Waals surface area contributed by atoms with E-state index in [0.29, 0.717) is 5.92 Å².